The lowest BCUT2D eigenvalue weighted by molar-refractivity contribution is -0.143. The molecule has 1 saturated carbocycles. The van der Waals surface area contributed by atoms with Gasteiger partial charge in [-0.3, -0.25) is 38.4 Å². The summed E-state index contributed by atoms with van der Waals surface area (Å²) in [5.74, 6) is -7.74. The normalized spacial score (nSPS) is 16.5. The van der Waals surface area contributed by atoms with Gasteiger partial charge < -0.3 is 53.6 Å². The molecule has 1 aromatic rings. The van der Waals surface area contributed by atoms with Crippen molar-refractivity contribution in [3.8, 4) is 5.75 Å². The van der Waals surface area contributed by atoms with E-state index in [1.165, 1.54) is 19.1 Å². The Morgan fingerprint density at radius 2 is 1.28 bits per heavy atom. The zero-order chi connectivity index (χ0) is 40.0. The van der Waals surface area contributed by atoms with Gasteiger partial charge in [0, 0.05) is 0 Å². The SMILES string of the molecule is CC(C)[C@H](NC(=O)[C@H](CC(=O)O)NC(=O)C1(NC(=O)[C@H](C)NC(=O)[C@@H](N)Cc2ccc(O)cc2)CCCCC1)C(=O)N[C@H](C(=O)NCC(N)=O)C(C)C. The summed E-state index contributed by atoms with van der Waals surface area (Å²) >= 11 is 0. The largest absolute Gasteiger partial charge is 0.508 e. The fourth-order valence-corrected chi connectivity index (χ4v) is 5.80. The van der Waals surface area contributed by atoms with E-state index in [0.29, 0.717) is 18.4 Å². The molecule has 0 unspecified atom stereocenters. The van der Waals surface area contributed by atoms with Crippen molar-refractivity contribution in [3.05, 3.63) is 29.8 Å². The fraction of sp³-hybridized carbons (Fsp3) is 0.600. The topological polar surface area (TPSA) is 301 Å². The number of aromatic hydroxyl groups is 1. The first-order chi connectivity index (χ1) is 24.8. The monoisotopic (exact) mass is 746 g/mol. The van der Waals surface area contributed by atoms with Crippen molar-refractivity contribution in [1.82, 2.24) is 31.9 Å². The van der Waals surface area contributed by atoms with Gasteiger partial charge in [-0.05, 0) is 55.7 Å². The van der Waals surface area contributed by atoms with Crippen LogP contribution in [0.4, 0.5) is 0 Å². The molecule has 18 heteroatoms. The molecule has 0 radical (unpaired) electrons. The van der Waals surface area contributed by atoms with Gasteiger partial charge >= 0.3 is 5.97 Å². The Morgan fingerprint density at radius 3 is 1.81 bits per heavy atom. The Hall–Kier alpha value is -5.26. The van der Waals surface area contributed by atoms with Crippen molar-refractivity contribution in [3.63, 3.8) is 0 Å². The number of hydrogen-bond acceptors (Lipinski definition) is 10. The van der Waals surface area contributed by atoms with Gasteiger partial charge in [-0.2, -0.15) is 0 Å². The minimum atomic E-state index is -1.67. The number of phenolic OH excluding ortho intramolecular Hbond substituents is 1. The number of benzene rings is 1. The molecule has 5 atom stereocenters. The van der Waals surface area contributed by atoms with Crippen molar-refractivity contribution < 1.29 is 48.6 Å². The molecule has 53 heavy (non-hydrogen) atoms. The standard InChI is InChI=1S/C35H54N8O10/c1-18(2)27(32(51)38-17-25(37)45)42-33(52)28(19(3)4)41-31(50)24(16-26(46)47)40-34(53)35(13-7-6-8-14-35)43-29(48)20(5)39-30(49)23(36)15-21-9-11-22(44)12-10-21/h9-12,18-20,23-24,27-28,44H,6-8,13-17,36H2,1-5H3,(H2,37,45)(H,38,51)(H,39,49)(H,40,53)(H,41,50)(H,42,52)(H,43,48)(H,46,47)/t20-,23-,24-,27-,28-/m0/s1. The van der Waals surface area contributed by atoms with E-state index in [1.54, 1.807) is 39.8 Å². The highest BCUT2D eigenvalue weighted by molar-refractivity contribution is 5.99. The van der Waals surface area contributed by atoms with Crippen LogP contribution in [0.3, 0.4) is 0 Å². The van der Waals surface area contributed by atoms with Crippen LogP contribution in [-0.4, -0.2) is 99.8 Å². The molecular weight excluding hydrogens is 692 g/mol. The van der Waals surface area contributed by atoms with E-state index < -0.39 is 108 Å². The lowest BCUT2D eigenvalue weighted by Crippen LogP contribution is -2.65. The van der Waals surface area contributed by atoms with Gasteiger partial charge in [0.25, 0.3) is 0 Å². The highest BCUT2D eigenvalue weighted by Crippen LogP contribution is 2.29. The summed E-state index contributed by atoms with van der Waals surface area (Å²) in [5, 5.41) is 34.2. The molecule has 0 spiro atoms. The van der Waals surface area contributed by atoms with Gasteiger partial charge in [-0.25, -0.2) is 0 Å². The Labute approximate surface area is 308 Å². The number of hydrogen-bond donors (Lipinski definition) is 10. The summed E-state index contributed by atoms with van der Waals surface area (Å²) in [6.45, 7) is 7.49. The Balaban J connectivity index is 2.19. The number of carbonyl (C=O) groups is 8. The maximum Gasteiger partial charge on any atom is 0.305 e. The summed E-state index contributed by atoms with van der Waals surface area (Å²) in [6.07, 6.45) is 1.42. The number of primary amides is 1. The van der Waals surface area contributed by atoms with E-state index in [9.17, 15) is 48.6 Å². The summed E-state index contributed by atoms with van der Waals surface area (Å²) in [5.41, 5.74) is 10.3. The highest BCUT2D eigenvalue weighted by atomic mass is 16.4. The number of aliphatic carboxylic acids is 1. The molecule has 0 saturated heterocycles. The number of nitrogens with one attached hydrogen (secondary N) is 6. The molecule has 0 heterocycles. The maximum atomic E-state index is 13.9. The van der Waals surface area contributed by atoms with E-state index in [4.69, 9.17) is 11.5 Å². The molecule has 1 fully saturated rings. The molecule has 294 valence electrons. The minimum absolute atomic E-state index is 0.0535. The molecule has 7 amide bonds. The zero-order valence-corrected chi connectivity index (χ0v) is 30.8. The molecule has 1 aromatic carbocycles. The summed E-state index contributed by atoms with van der Waals surface area (Å²) in [4.78, 5) is 103. The van der Waals surface area contributed by atoms with Crippen LogP contribution in [-0.2, 0) is 44.8 Å². The van der Waals surface area contributed by atoms with Crippen LogP contribution in [0.1, 0.15) is 78.7 Å². The van der Waals surface area contributed by atoms with Crippen molar-refractivity contribution in [2.75, 3.05) is 6.54 Å². The van der Waals surface area contributed by atoms with Crippen molar-refractivity contribution in [1.29, 1.82) is 0 Å². The first kappa shape index (κ1) is 43.9. The van der Waals surface area contributed by atoms with Gasteiger partial charge in [0.1, 0.15) is 35.5 Å². The molecule has 0 aromatic heterocycles. The average Bonchev–Trinajstić information content (AvgIpc) is 3.08. The van der Waals surface area contributed by atoms with Gasteiger partial charge in [-0.15, -0.1) is 0 Å². The second kappa shape index (κ2) is 20.1. The lowest BCUT2D eigenvalue weighted by Gasteiger charge is -2.38. The number of carboxylic acids is 1. The predicted molar refractivity (Wildman–Crippen MR) is 191 cm³/mol. The maximum absolute atomic E-state index is 13.9. The first-order valence-electron chi connectivity index (χ1n) is 17.6. The molecular formula is C35H54N8O10. The number of nitrogens with two attached hydrogens (primary N) is 2. The van der Waals surface area contributed by atoms with Crippen molar-refractivity contribution in [2.45, 2.75) is 115 Å². The van der Waals surface area contributed by atoms with Gasteiger partial charge in [-0.1, -0.05) is 59.1 Å². The van der Waals surface area contributed by atoms with Gasteiger partial charge in [0.15, 0.2) is 0 Å². The number of carboxylic acid groups (broad SMARTS) is 1. The third-order valence-electron chi connectivity index (χ3n) is 8.92. The number of rotatable bonds is 19. The number of carbonyl (C=O) groups excluding carboxylic acids is 7. The number of amides is 7. The quantitative estimate of drug-likeness (QED) is 0.0771. The van der Waals surface area contributed by atoms with Crippen molar-refractivity contribution in [2.24, 2.45) is 23.3 Å². The lowest BCUT2D eigenvalue weighted by atomic mass is 9.80. The molecule has 2 rings (SSSR count). The van der Waals surface area contributed by atoms with Crippen LogP contribution in [0.25, 0.3) is 0 Å². The zero-order valence-electron chi connectivity index (χ0n) is 30.8. The van der Waals surface area contributed by atoms with Crippen molar-refractivity contribution >= 4 is 47.3 Å². The van der Waals surface area contributed by atoms with Crippen LogP contribution in [0.2, 0.25) is 0 Å². The molecule has 0 aliphatic heterocycles. The van der Waals surface area contributed by atoms with Crippen LogP contribution in [0.5, 0.6) is 5.75 Å². The van der Waals surface area contributed by atoms with E-state index in [0.717, 1.165) is 6.42 Å². The summed E-state index contributed by atoms with van der Waals surface area (Å²) in [6, 6.07) is -0.0646. The average molecular weight is 747 g/mol. The summed E-state index contributed by atoms with van der Waals surface area (Å²) < 4.78 is 0. The Morgan fingerprint density at radius 1 is 0.736 bits per heavy atom. The van der Waals surface area contributed by atoms with Crippen LogP contribution in [0, 0.1) is 11.8 Å². The fourth-order valence-electron chi connectivity index (χ4n) is 5.80. The molecule has 12 N–H and O–H groups in total. The highest BCUT2D eigenvalue weighted by Gasteiger charge is 2.44. The van der Waals surface area contributed by atoms with E-state index in [2.05, 4.69) is 31.9 Å². The molecule has 1 aliphatic carbocycles. The van der Waals surface area contributed by atoms with E-state index >= 15 is 0 Å². The van der Waals surface area contributed by atoms with Gasteiger partial charge in [0.05, 0.1) is 19.0 Å². The second-order valence-electron chi connectivity index (χ2n) is 14.1. The molecule has 18 nitrogen and oxygen atoms in total. The molecule has 1 aliphatic rings. The third-order valence-corrected chi connectivity index (χ3v) is 8.92. The Bertz CT molecular complexity index is 1490. The minimum Gasteiger partial charge on any atom is -0.508 e. The second-order valence-corrected chi connectivity index (χ2v) is 14.1. The predicted octanol–water partition coefficient (Wildman–Crippen LogP) is -1.57. The van der Waals surface area contributed by atoms with Crippen LogP contribution >= 0.6 is 0 Å². The van der Waals surface area contributed by atoms with Crippen LogP contribution in [0.15, 0.2) is 24.3 Å². The van der Waals surface area contributed by atoms with E-state index in [1.807, 2.05) is 0 Å². The smallest absolute Gasteiger partial charge is 0.305 e. The van der Waals surface area contributed by atoms with Crippen LogP contribution < -0.4 is 43.4 Å². The van der Waals surface area contributed by atoms with E-state index in [-0.39, 0.29) is 25.0 Å². The summed E-state index contributed by atoms with van der Waals surface area (Å²) in [7, 11) is 0. The first-order valence-corrected chi connectivity index (χ1v) is 17.6. The Kier molecular flexibility index (Phi) is 16.7. The third kappa shape index (κ3) is 13.7. The number of phenols is 1. The van der Waals surface area contributed by atoms with Gasteiger partial charge in [0.2, 0.25) is 41.4 Å². The molecule has 0 bridgehead atoms.